The number of thioether (sulfide) groups is 1. The fraction of sp³-hybridized carbons (Fsp3) is 0.471. The number of nitrogens with zero attached hydrogens (tertiary/aromatic N) is 1. The Bertz CT molecular complexity index is 665. The fourth-order valence-electron chi connectivity index (χ4n) is 3.42. The maximum atomic E-state index is 9.68. The van der Waals surface area contributed by atoms with Crippen molar-refractivity contribution in [2.45, 2.75) is 49.3 Å². The number of hydrogen-bond donors (Lipinski definition) is 2. The van der Waals surface area contributed by atoms with Gasteiger partial charge in [0.05, 0.1) is 17.3 Å². The lowest BCUT2D eigenvalue weighted by molar-refractivity contribution is 0.126. The second-order valence-electron chi connectivity index (χ2n) is 6.07. The van der Waals surface area contributed by atoms with E-state index >= 15 is 0 Å². The number of aliphatic hydroxyl groups is 1. The summed E-state index contributed by atoms with van der Waals surface area (Å²) < 4.78 is 0. The number of benzene rings is 1. The first-order valence-electron chi connectivity index (χ1n) is 7.74. The molecule has 0 atom stereocenters. The molecule has 0 saturated heterocycles. The van der Waals surface area contributed by atoms with Crippen LogP contribution in [-0.4, -0.2) is 22.2 Å². The van der Waals surface area contributed by atoms with Gasteiger partial charge in [-0.1, -0.05) is 18.2 Å². The van der Waals surface area contributed by atoms with Crippen molar-refractivity contribution in [1.29, 1.82) is 0 Å². The highest BCUT2D eigenvalue weighted by atomic mass is 32.2. The van der Waals surface area contributed by atoms with E-state index in [-0.39, 0.29) is 6.10 Å². The molecule has 4 rings (SSSR count). The van der Waals surface area contributed by atoms with Crippen LogP contribution in [0.4, 0.5) is 5.69 Å². The van der Waals surface area contributed by atoms with Crippen molar-refractivity contribution >= 4 is 28.4 Å². The van der Waals surface area contributed by atoms with E-state index in [2.05, 4.69) is 29.6 Å². The second-order valence-corrected chi connectivity index (χ2v) is 7.06. The summed E-state index contributed by atoms with van der Waals surface area (Å²) in [7, 11) is 0. The van der Waals surface area contributed by atoms with Crippen LogP contribution in [0.15, 0.2) is 24.3 Å². The Morgan fingerprint density at radius 2 is 1.90 bits per heavy atom. The monoisotopic (exact) mass is 300 g/mol. The fourth-order valence-corrected chi connectivity index (χ4v) is 4.47. The third-order valence-electron chi connectivity index (χ3n) is 4.61. The molecule has 0 amide bonds. The van der Waals surface area contributed by atoms with Crippen molar-refractivity contribution in [3.8, 4) is 0 Å². The van der Waals surface area contributed by atoms with E-state index in [4.69, 9.17) is 4.98 Å². The quantitative estimate of drug-likeness (QED) is 0.888. The van der Waals surface area contributed by atoms with E-state index in [0.717, 1.165) is 42.7 Å². The molecule has 4 heteroatoms. The highest BCUT2D eigenvalue weighted by molar-refractivity contribution is 7.98. The van der Waals surface area contributed by atoms with Crippen molar-refractivity contribution in [2.24, 2.45) is 0 Å². The predicted octanol–water partition coefficient (Wildman–Crippen LogP) is 3.70. The Balaban J connectivity index is 1.73. The van der Waals surface area contributed by atoms with Crippen LogP contribution in [-0.2, 0) is 11.5 Å². The molecule has 21 heavy (non-hydrogen) atoms. The number of para-hydroxylation sites is 1. The van der Waals surface area contributed by atoms with Crippen LogP contribution in [0.5, 0.6) is 0 Å². The van der Waals surface area contributed by atoms with Crippen LogP contribution in [0, 0.1) is 0 Å². The molecule has 1 fully saturated rings. The zero-order valence-corrected chi connectivity index (χ0v) is 12.8. The molecule has 2 heterocycles. The third-order valence-corrected chi connectivity index (χ3v) is 5.58. The third kappa shape index (κ3) is 2.51. The molecule has 2 aliphatic rings. The van der Waals surface area contributed by atoms with E-state index in [9.17, 15) is 5.11 Å². The SMILES string of the molecule is OC1CCC(Nc2c3c(nc4ccccc24)CSC3)CC1. The van der Waals surface area contributed by atoms with Gasteiger partial charge in [-0.15, -0.1) is 0 Å². The molecule has 2 N–H and O–H groups in total. The predicted molar refractivity (Wildman–Crippen MR) is 88.6 cm³/mol. The summed E-state index contributed by atoms with van der Waals surface area (Å²) in [6.07, 6.45) is 3.84. The van der Waals surface area contributed by atoms with Gasteiger partial charge in [0.15, 0.2) is 0 Å². The van der Waals surface area contributed by atoms with Gasteiger partial charge in [-0.05, 0) is 31.7 Å². The molecule has 1 aliphatic heterocycles. The van der Waals surface area contributed by atoms with Crippen LogP contribution >= 0.6 is 11.8 Å². The first-order chi connectivity index (χ1) is 10.3. The highest BCUT2D eigenvalue weighted by Crippen LogP contribution is 2.39. The summed E-state index contributed by atoms with van der Waals surface area (Å²) in [4.78, 5) is 4.82. The molecule has 1 aromatic carbocycles. The second kappa shape index (κ2) is 5.50. The van der Waals surface area contributed by atoms with E-state index in [1.165, 1.54) is 22.3 Å². The van der Waals surface area contributed by atoms with Crippen LogP contribution in [0.25, 0.3) is 10.9 Å². The molecule has 110 valence electrons. The summed E-state index contributed by atoms with van der Waals surface area (Å²) in [5, 5.41) is 14.7. The summed E-state index contributed by atoms with van der Waals surface area (Å²) in [6, 6.07) is 8.91. The molecule has 2 aromatic rings. The summed E-state index contributed by atoms with van der Waals surface area (Å²) >= 11 is 1.95. The van der Waals surface area contributed by atoms with Crippen molar-refractivity contribution in [3.05, 3.63) is 35.5 Å². The number of aromatic nitrogens is 1. The van der Waals surface area contributed by atoms with E-state index in [1.807, 2.05) is 11.8 Å². The smallest absolute Gasteiger partial charge is 0.0726 e. The Kier molecular flexibility index (Phi) is 3.51. The first-order valence-corrected chi connectivity index (χ1v) is 8.89. The molecular weight excluding hydrogens is 280 g/mol. The van der Waals surface area contributed by atoms with Gasteiger partial charge >= 0.3 is 0 Å². The van der Waals surface area contributed by atoms with Gasteiger partial charge in [0.1, 0.15) is 0 Å². The Labute approximate surface area is 129 Å². The number of fused-ring (bicyclic) bond motifs is 2. The van der Waals surface area contributed by atoms with Crippen LogP contribution < -0.4 is 5.32 Å². The van der Waals surface area contributed by atoms with Gasteiger partial charge in [-0.3, -0.25) is 4.98 Å². The van der Waals surface area contributed by atoms with Crippen molar-refractivity contribution in [3.63, 3.8) is 0 Å². The van der Waals surface area contributed by atoms with E-state index in [1.54, 1.807) is 0 Å². The van der Waals surface area contributed by atoms with Crippen LogP contribution in [0.2, 0.25) is 0 Å². The van der Waals surface area contributed by atoms with Gasteiger partial charge in [0.25, 0.3) is 0 Å². The molecule has 3 nitrogen and oxygen atoms in total. The molecule has 0 unspecified atom stereocenters. The zero-order valence-electron chi connectivity index (χ0n) is 12.0. The number of pyridine rings is 1. The average Bonchev–Trinajstić information content (AvgIpc) is 2.97. The number of hydrogen-bond acceptors (Lipinski definition) is 4. The average molecular weight is 300 g/mol. The minimum absolute atomic E-state index is 0.0986. The number of nitrogens with one attached hydrogen (secondary N) is 1. The number of anilines is 1. The number of rotatable bonds is 2. The molecule has 0 spiro atoms. The molecule has 0 radical (unpaired) electrons. The highest BCUT2D eigenvalue weighted by Gasteiger charge is 2.24. The Hall–Kier alpha value is -1.26. The first kappa shape index (κ1) is 13.4. The molecule has 1 saturated carbocycles. The largest absolute Gasteiger partial charge is 0.393 e. The van der Waals surface area contributed by atoms with Crippen molar-refractivity contribution in [2.75, 3.05) is 5.32 Å². The zero-order chi connectivity index (χ0) is 14.2. The van der Waals surface area contributed by atoms with Crippen molar-refractivity contribution in [1.82, 2.24) is 4.98 Å². The maximum Gasteiger partial charge on any atom is 0.0726 e. The molecule has 0 bridgehead atoms. The lowest BCUT2D eigenvalue weighted by Crippen LogP contribution is -2.28. The van der Waals surface area contributed by atoms with E-state index < -0.39 is 0 Å². The summed E-state index contributed by atoms with van der Waals surface area (Å²) in [6.45, 7) is 0. The topological polar surface area (TPSA) is 45.1 Å². The van der Waals surface area contributed by atoms with Crippen LogP contribution in [0.1, 0.15) is 36.9 Å². The van der Waals surface area contributed by atoms with Gasteiger partial charge in [0.2, 0.25) is 0 Å². The van der Waals surface area contributed by atoms with Gasteiger partial charge in [0, 0.05) is 34.2 Å². The number of aliphatic hydroxyl groups excluding tert-OH is 1. The maximum absolute atomic E-state index is 9.68. The standard InChI is InChI=1S/C17H20N2OS/c20-12-7-5-11(6-8-12)18-17-13-3-1-2-4-15(13)19-16-10-21-9-14(16)17/h1-4,11-12,20H,5-10H2,(H,18,19). The molecular formula is C17H20N2OS. The normalized spacial score (nSPS) is 25.0. The van der Waals surface area contributed by atoms with E-state index in [0.29, 0.717) is 6.04 Å². The molecule has 1 aromatic heterocycles. The van der Waals surface area contributed by atoms with Crippen molar-refractivity contribution < 1.29 is 5.11 Å². The minimum atomic E-state index is -0.0986. The minimum Gasteiger partial charge on any atom is -0.393 e. The lowest BCUT2D eigenvalue weighted by atomic mass is 9.92. The van der Waals surface area contributed by atoms with Gasteiger partial charge in [-0.2, -0.15) is 11.8 Å². The van der Waals surface area contributed by atoms with Crippen LogP contribution in [0.3, 0.4) is 0 Å². The molecule has 1 aliphatic carbocycles. The summed E-state index contributed by atoms with van der Waals surface area (Å²) in [5.41, 5.74) is 5.03. The lowest BCUT2D eigenvalue weighted by Gasteiger charge is -2.28. The Morgan fingerprint density at radius 1 is 1.10 bits per heavy atom. The van der Waals surface area contributed by atoms with Gasteiger partial charge in [-0.25, -0.2) is 0 Å². The summed E-state index contributed by atoms with van der Waals surface area (Å²) in [5.74, 6) is 2.09. The van der Waals surface area contributed by atoms with Gasteiger partial charge < -0.3 is 10.4 Å². The Morgan fingerprint density at radius 3 is 2.76 bits per heavy atom.